The maximum Gasteiger partial charge on any atom is 0.129 e. The van der Waals surface area contributed by atoms with Gasteiger partial charge >= 0.3 is 0 Å². The van der Waals surface area contributed by atoms with Crippen molar-refractivity contribution in [2.75, 3.05) is 24.7 Å². The van der Waals surface area contributed by atoms with Crippen molar-refractivity contribution in [3.63, 3.8) is 0 Å². The largest absolute Gasteiger partial charge is 0.394 e. The molecule has 2 heterocycles. The van der Waals surface area contributed by atoms with Crippen molar-refractivity contribution < 1.29 is 14.9 Å². The number of anilines is 1. The van der Waals surface area contributed by atoms with E-state index in [1.54, 1.807) is 6.07 Å². The molecule has 94 valence electrons. The molecule has 0 radical (unpaired) electrons. The van der Waals surface area contributed by atoms with E-state index in [-0.39, 0.29) is 25.4 Å². The summed E-state index contributed by atoms with van der Waals surface area (Å²) in [6.45, 7) is 3.22. The average Bonchev–Trinajstić information content (AvgIpc) is 2.39. The number of rotatable bonds is 3. The van der Waals surface area contributed by atoms with Gasteiger partial charge in [0, 0.05) is 6.54 Å². The molecule has 0 bridgehead atoms. The predicted octanol–water partition coefficient (Wildman–Crippen LogP) is 0.160. The number of aliphatic hydroxyl groups excluding tert-OH is 2. The minimum absolute atomic E-state index is 0.0168. The molecule has 2 rings (SSSR count). The Bertz CT molecular complexity index is 373. The minimum Gasteiger partial charge on any atom is -0.394 e. The van der Waals surface area contributed by atoms with Crippen molar-refractivity contribution in [3.05, 3.63) is 23.9 Å². The second-order valence-electron chi connectivity index (χ2n) is 4.28. The van der Waals surface area contributed by atoms with Gasteiger partial charge in [-0.1, -0.05) is 6.07 Å². The fraction of sp³-hybridized carbons (Fsp3) is 0.583. The molecule has 5 nitrogen and oxygen atoms in total. The first kappa shape index (κ1) is 12.3. The predicted molar refractivity (Wildman–Crippen MR) is 63.8 cm³/mol. The lowest BCUT2D eigenvalue weighted by Gasteiger charge is -2.38. The van der Waals surface area contributed by atoms with Crippen LogP contribution >= 0.6 is 0 Å². The first-order valence-electron chi connectivity index (χ1n) is 5.80. The highest BCUT2D eigenvalue weighted by molar-refractivity contribution is 5.41. The molecule has 1 aliphatic heterocycles. The fourth-order valence-corrected chi connectivity index (χ4v) is 1.96. The molecule has 0 aliphatic carbocycles. The van der Waals surface area contributed by atoms with Crippen LogP contribution in [0, 0.1) is 0 Å². The molecule has 1 aromatic heterocycles. The van der Waals surface area contributed by atoms with E-state index in [4.69, 9.17) is 14.9 Å². The van der Waals surface area contributed by atoms with E-state index < -0.39 is 0 Å². The van der Waals surface area contributed by atoms with E-state index in [0.29, 0.717) is 18.8 Å². The van der Waals surface area contributed by atoms with Crippen LogP contribution in [0.25, 0.3) is 0 Å². The van der Waals surface area contributed by atoms with Gasteiger partial charge in [-0.3, -0.25) is 0 Å². The van der Waals surface area contributed by atoms with E-state index in [1.165, 1.54) is 0 Å². The number of ether oxygens (including phenoxy) is 1. The van der Waals surface area contributed by atoms with Crippen LogP contribution in [0.2, 0.25) is 0 Å². The third-order valence-electron chi connectivity index (χ3n) is 2.96. The number of nitrogens with zero attached hydrogens (tertiary/aromatic N) is 2. The van der Waals surface area contributed by atoms with Gasteiger partial charge < -0.3 is 19.8 Å². The lowest BCUT2D eigenvalue weighted by atomic mass is 10.2. The van der Waals surface area contributed by atoms with Crippen LogP contribution in [-0.4, -0.2) is 47.1 Å². The summed E-state index contributed by atoms with van der Waals surface area (Å²) in [5, 5.41) is 18.2. The van der Waals surface area contributed by atoms with Crippen molar-refractivity contribution >= 4 is 5.82 Å². The maximum absolute atomic E-state index is 9.13. The zero-order valence-corrected chi connectivity index (χ0v) is 9.91. The summed E-state index contributed by atoms with van der Waals surface area (Å²) >= 11 is 0. The van der Waals surface area contributed by atoms with E-state index in [9.17, 15) is 0 Å². The monoisotopic (exact) mass is 238 g/mol. The first-order chi connectivity index (χ1) is 8.24. The summed E-state index contributed by atoms with van der Waals surface area (Å²) in [5.41, 5.74) is 0.654. The minimum atomic E-state index is -0.161. The van der Waals surface area contributed by atoms with Crippen molar-refractivity contribution in [1.29, 1.82) is 0 Å². The Morgan fingerprint density at radius 3 is 3.00 bits per heavy atom. The normalized spacial score (nSPS) is 25.0. The van der Waals surface area contributed by atoms with Crippen molar-refractivity contribution in [2.45, 2.75) is 25.7 Å². The van der Waals surface area contributed by atoms with Gasteiger partial charge in [0.25, 0.3) is 0 Å². The van der Waals surface area contributed by atoms with Crippen molar-refractivity contribution in [1.82, 2.24) is 4.98 Å². The molecule has 2 N–H and O–H groups in total. The molecule has 1 saturated heterocycles. The number of pyridine rings is 1. The van der Waals surface area contributed by atoms with E-state index in [0.717, 1.165) is 5.82 Å². The third-order valence-corrected chi connectivity index (χ3v) is 2.96. The summed E-state index contributed by atoms with van der Waals surface area (Å²) in [6, 6.07) is 5.80. The highest BCUT2D eigenvalue weighted by Gasteiger charge is 2.26. The Kier molecular flexibility index (Phi) is 3.93. The topological polar surface area (TPSA) is 65.8 Å². The molecule has 0 saturated carbocycles. The van der Waals surface area contributed by atoms with Crippen LogP contribution in [0.5, 0.6) is 0 Å². The molecule has 0 spiro atoms. The van der Waals surface area contributed by atoms with Crippen LogP contribution in [0.1, 0.15) is 12.6 Å². The summed E-state index contributed by atoms with van der Waals surface area (Å²) in [4.78, 5) is 6.47. The highest BCUT2D eigenvalue weighted by atomic mass is 16.5. The van der Waals surface area contributed by atoms with Gasteiger partial charge in [-0.15, -0.1) is 0 Å². The van der Waals surface area contributed by atoms with Crippen LogP contribution in [-0.2, 0) is 11.3 Å². The fourth-order valence-electron chi connectivity index (χ4n) is 1.96. The molecule has 0 amide bonds. The van der Waals surface area contributed by atoms with Gasteiger partial charge in [0.2, 0.25) is 0 Å². The molecule has 1 fully saturated rings. The quantitative estimate of drug-likeness (QED) is 0.785. The Labute approximate surface area is 101 Å². The average molecular weight is 238 g/mol. The van der Waals surface area contributed by atoms with E-state index >= 15 is 0 Å². The Hall–Kier alpha value is -1.17. The van der Waals surface area contributed by atoms with Crippen LogP contribution < -0.4 is 4.90 Å². The highest BCUT2D eigenvalue weighted by Crippen LogP contribution is 2.19. The van der Waals surface area contributed by atoms with Crippen LogP contribution in [0.3, 0.4) is 0 Å². The Morgan fingerprint density at radius 1 is 1.47 bits per heavy atom. The van der Waals surface area contributed by atoms with Gasteiger partial charge in [0.15, 0.2) is 0 Å². The van der Waals surface area contributed by atoms with Gasteiger partial charge in [0.05, 0.1) is 37.7 Å². The molecule has 5 heteroatoms. The molecule has 2 unspecified atom stereocenters. The number of aromatic nitrogens is 1. The summed E-state index contributed by atoms with van der Waals surface area (Å²) in [5.74, 6) is 0.825. The lowest BCUT2D eigenvalue weighted by molar-refractivity contribution is -0.0105. The second kappa shape index (κ2) is 5.44. The number of hydrogen-bond donors (Lipinski definition) is 2. The number of aliphatic hydroxyl groups is 2. The summed E-state index contributed by atoms with van der Waals surface area (Å²) in [7, 11) is 0. The SMILES string of the molecule is CC1COC(CO)CN1c1cccc(CO)n1. The van der Waals surface area contributed by atoms with Gasteiger partial charge in [-0.05, 0) is 19.1 Å². The molecule has 2 atom stereocenters. The van der Waals surface area contributed by atoms with E-state index in [1.807, 2.05) is 12.1 Å². The first-order valence-corrected chi connectivity index (χ1v) is 5.80. The molecule has 17 heavy (non-hydrogen) atoms. The Balaban J connectivity index is 2.18. The zero-order valence-electron chi connectivity index (χ0n) is 9.91. The van der Waals surface area contributed by atoms with Crippen molar-refractivity contribution in [2.24, 2.45) is 0 Å². The lowest BCUT2D eigenvalue weighted by Crippen LogP contribution is -2.50. The Morgan fingerprint density at radius 2 is 2.29 bits per heavy atom. The summed E-state index contributed by atoms with van der Waals surface area (Å²) in [6.07, 6.45) is -0.161. The van der Waals surface area contributed by atoms with Crippen LogP contribution in [0.15, 0.2) is 18.2 Å². The molecular weight excluding hydrogens is 220 g/mol. The smallest absolute Gasteiger partial charge is 0.129 e. The van der Waals surface area contributed by atoms with E-state index in [2.05, 4.69) is 16.8 Å². The number of hydrogen-bond acceptors (Lipinski definition) is 5. The van der Waals surface area contributed by atoms with Gasteiger partial charge in [0.1, 0.15) is 5.82 Å². The van der Waals surface area contributed by atoms with Gasteiger partial charge in [-0.25, -0.2) is 4.98 Å². The molecule has 1 aromatic rings. The molecule has 1 aliphatic rings. The zero-order chi connectivity index (χ0) is 12.3. The molecule has 0 aromatic carbocycles. The third kappa shape index (κ3) is 2.74. The van der Waals surface area contributed by atoms with Crippen LogP contribution in [0.4, 0.5) is 5.82 Å². The second-order valence-corrected chi connectivity index (χ2v) is 4.28. The van der Waals surface area contributed by atoms with Gasteiger partial charge in [-0.2, -0.15) is 0 Å². The maximum atomic E-state index is 9.13. The summed E-state index contributed by atoms with van der Waals surface area (Å²) < 4.78 is 5.48. The number of morpholine rings is 1. The van der Waals surface area contributed by atoms with Crippen molar-refractivity contribution in [3.8, 4) is 0 Å². The molecular formula is C12H18N2O3. The standard InChI is InChI=1S/C12H18N2O3/c1-9-8-17-11(7-16)5-14(9)12-4-2-3-10(6-15)13-12/h2-4,9,11,15-16H,5-8H2,1H3.